The lowest BCUT2D eigenvalue weighted by Gasteiger charge is -2.16. The molecule has 0 fully saturated rings. The van der Waals surface area contributed by atoms with Crippen molar-refractivity contribution in [2.45, 2.75) is 38.9 Å². The van der Waals surface area contributed by atoms with Crippen LogP contribution >= 0.6 is 0 Å². The van der Waals surface area contributed by atoms with Crippen LogP contribution in [-0.4, -0.2) is 25.6 Å². The SMILES string of the molecule is CC(C)c1nc(C(F)(F)F)ccc1C=CC(=O)NC(C)c1cc(F)c(NS(C)(=O)=O)c(F)c1. The lowest BCUT2D eigenvalue weighted by atomic mass is 10.0. The zero-order chi connectivity index (χ0) is 25.1. The molecule has 2 N–H and O–H groups in total. The van der Waals surface area contributed by atoms with Gasteiger partial charge in [0.05, 0.1) is 18.0 Å². The van der Waals surface area contributed by atoms with E-state index in [4.69, 9.17) is 0 Å². The van der Waals surface area contributed by atoms with E-state index in [1.54, 1.807) is 18.6 Å². The van der Waals surface area contributed by atoms with Crippen LogP contribution in [0.4, 0.5) is 27.6 Å². The van der Waals surface area contributed by atoms with E-state index in [1.165, 1.54) is 19.1 Å². The van der Waals surface area contributed by atoms with Crippen molar-refractivity contribution in [3.05, 3.63) is 64.5 Å². The van der Waals surface area contributed by atoms with Gasteiger partial charge in [0.15, 0.2) is 11.6 Å². The van der Waals surface area contributed by atoms with Gasteiger partial charge in [0, 0.05) is 6.08 Å². The first-order chi connectivity index (χ1) is 15.1. The van der Waals surface area contributed by atoms with Gasteiger partial charge in [0.1, 0.15) is 11.4 Å². The van der Waals surface area contributed by atoms with Gasteiger partial charge in [0.25, 0.3) is 0 Å². The zero-order valence-electron chi connectivity index (χ0n) is 18.1. The number of amides is 1. The smallest absolute Gasteiger partial charge is 0.346 e. The van der Waals surface area contributed by atoms with E-state index in [2.05, 4.69) is 10.3 Å². The van der Waals surface area contributed by atoms with Gasteiger partial charge in [-0.25, -0.2) is 22.2 Å². The molecule has 0 saturated carbocycles. The summed E-state index contributed by atoms with van der Waals surface area (Å²) in [6, 6.07) is 2.90. The molecule has 0 aliphatic heterocycles. The quantitative estimate of drug-likeness (QED) is 0.432. The highest BCUT2D eigenvalue weighted by Crippen LogP contribution is 2.30. The lowest BCUT2D eigenvalue weighted by molar-refractivity contribution is -0.141. The van der Waals surface area contributed by atoms with Gasteiger partial charge >= 0.3 is 6.18 Å². The summed E-state index contributed by atoms with van der Waals surface area (Å²) in [5.41, 5.74) is -1.38. The molecule has 0 bridgehead atoms. The molecule has 33 heavy (non-hydrogen) atoms. The summed E-state index contributed by atoms with van der Waals surface area (Å²) in [6.45, 7) is 4.77. The maximum absolute atomic E-state index is 14.2. The van der Waals surface area contributed by atoms with E-state index < -0.39 is 51.2 Å². The Balaban J connectivity index is 2.19. The maximum Gasteiger partial charge on any atom is 0.433 e. The van der Waals surface area contributed by atoms with E-state index in [9.17, 15) is 35.2 Å². The van der Waals surface area contributed by atoms with E-state index in [1.807, 2.05) is 0 Å². The summed E-state index contributed by atoms with van der Waals surface area (Å²) in [4.78, 5) is 15.9. The molecule has 1 atom stereocenters. The van der Waals surface area contributed by atoms with Crippen molar-refractivity contribution in [1.29, 1.82) is 0 Å². The zero-order valence-corrected chi connectivity index (χ0v) is 18.9. The van der Waals surface area contributed by atoms with E-state index >= 15 is 0 Å². The van der Waals surface area contributed by atoms with Crippen LogP contribution in [-0.2, 0) is 21.0 Å². The van der Waals surface area contributed by atoms with Crippen molar-refractivity contribution in [2.75, 3.05) is 11.0 Å². The van der Waals surface area contributed by atoms with Crippen LogP contribution in [0.25, 0.3) is 6.08 Å². The van der Waals surface area contributed by atoms with Gasteiger partial charge in [-0.3, -0.25) is 9.52 Å². The monoisotopic (exact) mass is 491 g/mol. The highest BCUT2D eigenvalue weighted by atomic mass is 32.2. The van der Waals surface area contributed by atoms with E-state index in [-0.39, 0.29) is 17.2 Å². The second kappa shape index (κ2) is 9.86. The molecule has 12 heteroatoms. The molecule has 1 aromatic heterocycles. The molecule has 1 amide bonds. The van der Waals surface area contributed by atoms with Crippen molar-refractivity contribution in [2.24, 2.45) is 0 Å². The van der Waals surface area contributed by atoms with Gasteiger partial charge in [0.2, 0.25) is 15.9 Å². The molecule has 1 heterocycles. The molecular weight excluding hydrogens is 469 g/mol. The molecule has 0 radical (unpaired) electrons. The van der Waals surface area contributed by atoms with Crippen molar-refractivity contribution in [3.8, 4) is 0 Å². The standard InChI is InChI=1S/C21H22F5N3O3S/c1-11(2)19-13(5-7-17(28-19)21(24,25)26)6-8-18(30)27-12(3)14-9-15(22)20(16(23)10-14)29-33(4,31)32/h5-12,29H,1-4H3,(H,27,30). The van der Waals surface area contributed by atoms with Crippen LogP contribution in [0.5, 0.6) is 0 Å². The second-order valence-corrected chi connectivity index (χ2v) is 9.37. The summed E-state index contributed by atoms with van der Waals surface area (Å²) in [5.74, 6) is -3.34. The number of carbonyl (C=O) groups excluding carboxylic acids is 1. The molecule has 180 valence electrons. The molecule has 0 saturated heterocycles. The Morgan fingerprint density at radius 1 is 1.09 bits per heavy atom. The maximum atomic E-state index is 14.2. The van der Waals surface area contributed by atoms with Gasteiger partial charge in [-0.15, -0.1) is 0 Å². The number of hydrogen-bond donors (Lipinski definition) is 2. The Kier molecular flexibility index (Phi) is 7.83. The number of halogens is 5. The number of alkyl halides is 3. The first-order valence-corrected chi connectivity index (χ1v) is 11.5. The van der Waals surface area contributed by atoms with Crippen LogP contribution in [0, 0.1) is 11.6 Å². The normalized spacial score (nSPS) is 13.4. The largest absolute Gasteiger partial charge is 0.433 e. The van der Waals surface area contributed by atoms with Gasteiger partial charge in [-0.1, -0.05) is 19.9 Å². The number of rotatable bonds is 7. The molecule has 0 aliphatic carbocycles. The number of nitrogens with zero attached hydrogens (tertiary/aromatic N) is 1. The first-order valence-electron chi connectivity index (χ1n) is 9.62. The van der Waals surface area contributed by atoms with Crippen molar-refractivity contribution in [3.63, 3.8) is 0 Å². The summed E-state index contributed by atoms with van der Waals surface area (Å²) in [5, 5.41) is 2.47. The predicted molar refractivity (Wildman–Crippen MR) is 114 cm³/mol. The van der Waals surface area contributed by atoms with Crippen LogP contribution in [0.1, 0.15) is 55.2 Å². The third kappa shape index (κ3) is 7.24. The van der Waals surface area contributed by atoms with Gasteiger partial charge in [-0.05, 0) is 48.2 Å². The first kappa shape index (κ1) is 26.2. The fraction of sp³-hybridized carbons (Fsp3) is 0.333. The number of anilines is 1. The Morgan fingerprint density at radius 3 is 2.15 bits per heavy atom. The molecule has 2 rings (SSSR count). The van der Waals surface area contributed by atoms with Gasteiger partial charge in [-0.2, -0.15) is 13.2 Å². The number of benzene rings is 1. The number of hydrogen-bond acceptors (Lipinski definition) is 4. The minimum atomic E-state index is -4.60. The third-order valence-electron chi connectivity index (χ3n) is 4.42. The average Bonchev–Trinajstić information content (AvgIpc) is 2.67. The minimum absolute atomic E-state index is 0.0323. The number of pyridine rings is 1. The molecule has 1 aromatic carbocycles. The van der Waals surface area contributed by atoms with Crippen molar-refractivity contribution >= 4 is 27.7 Å². The number of sulfonamides is 1. The Bertz CT molecular complexity index is 1160. The topological polar surface area (TPSA) is 88.2 Å². The van der Waals surface area contributed by atoms with Crippen LogP contribution in [0.3, 0.4) is 0 Å². The predicted octanol–water partition coefficient (Wildman–Crippen LogP) is 4.76. The highest BCUT2D eigenvalue weighted by molar-refractivity contribution is 7.92. The number of nitrogens with one attached hydrogen (secondary N) is 2. The van der Waals surface area contributed by atoms with Gasteiger partial charge < -0.3 is 5.32 Å². The third-order valence-corrected chi connectivity index (χ3v) is 4.99. The second-order valence-electron chi connectivity index (χ2n) is 7.62. The van der Waals surface area contributed by atoms with E-state index in [0.717, 1.165) is 30.5 Å². The van der Waals surface area contributed by atoms with E-state index in [0.29, 0.717) is 5.56 Å². The average molecular weight is 491 g/mol. The Morgan fingerprint density at radius 2 is 1.67 bits per heavy atom. The molecular formula is C21H22F5N3O3S. The summed E-state index contributed by atoms with van der Waals surface area (Å²) in [7, 11) is -3.91. The summed E-state index contributed by atoms with van der Waals surface area (Å²) in [6.07, 6.45) is -1.49. The lowest BCUT2D eigenvalue weighted by Crippen LogP contribution is -2.25. The summed E-state index contributed by atoms with van der Waals surface area (Å²) >= 11 is 0. The van der Waals surface area contributed by atoms with Crippen molar-refractivity contribution < 1.29 is 35.2 Å². The molecule has 0 spiro atoms. The minimum Gasteiger partial charge on any atom is -0.346 e. The van der Waals surface area contributed by atoms with Crippen LogP contribution in [0.15, 0.2) is 30.3 Å². The molecule has 0 aliphatic rings. The molecule has 2 aromatic rings. The Labute approximate surface area is 188 Å². The fourth-order valence-electron chi connectivity index (χ4n) is 2.88. The molecule has 6 nitrogen and oxygen atoms in total. The van der Waals surface area contributed by atoms with Crippen molar-refractivity contribution in [1.82, 2.24) is 10.3 Å². The highest BCUT2D eigenvalue weighted by Gasteiger charge is 2.33. The van der Waals surface area contributed by atoms with Crippen LogP contribution in [0.2, 0.25) is 0 Å². The Hall–Kier alpha value is -3.02. The van der Waals surface area contributed by atoms with Crippen LogP contribution < -0.4 is 10.0 Å². The fourth-order valence-corrected chi connectivity index (χ4v) is 3.45. The summed E-state index contributed by atoms with van der Waals surface area (Å²) < 4.78 is 91.2. The number of carbonyl (C=O) groups is 1. The number of aromatic nitrogens is 1. The molecule has 1 unspecified atom stereocenters.